The third-order valence-electron chi connectivity index (χ3n) is 1.87. The van der Waals surface area contributed by atoms with Gasteiger partial charge in [0.25, 0.3) is 0 Å². The van der Waals surface area contributed by atoms with Gasteiger partial charge in [-0.1, -0.05) is 0 Å². The van der Waals surface area contributed by atoms with E-state index in [9.17, 15) is 4.79 Å². The summed E-state index contributed by atoms with van der Waals surface area (Å²) in [6.07, 6.45) is 4.60. The van der Waals surface area contributed by atoms with Gasteiger partial charge in [0.2, 0.25) is 5.91 Å². The molecule has 6 nitrogen and oxygen atoms in total. The monoisotopic (exact) mass is 203 g/mol. The van der Waals surface area contributed by atoms with Gasteiger partial charge in [-0.25, -0.2) is 9.67 Å². The molecule has 0 spiro atoms. The molecule has 0 unspecified atom stereocenters. The SMILES string of the molecule is NC(=O)c1ccnc(-n2cc(N)cn2)c1. The standard InChI is InChI=1S/C9H9N5O/c10-7-4-13-14(5-7)8-3-6(9(11)15)1-2-12-8/h1-5H,10H2,(H2,11,15). The zero-order valence-electron chi connectivity index (χ0n) is 7.79. The van der Waals surface area contributed by atoms with Crippen molar-refractivity contribution in [1.82, 2.24) is 14.8 Å². The van der Waals surface area contributed by atoms with Gasteiger partial charge in [-0.05, 0) is 12.1 Å². The van der Waals surface area contributed by atoms with Crippen molar-refractivity contribution in [2.45, 2.75) is 0 Å². The topological polar surface area (TPSA) is 99.8 Å². The molecule has 2 heterocycles. The second kappa shape index (κ2) is 3.41. The molecule has 0 radical (unpaired) electrons. The van der Waals surface area contributed by atoms with Crippen LogP contribution in [0.2, 0.25) is 0 Å². The van der Waals surface area contributed by atoms with Gasteiger partial charge < -0.3 is 11.5 Å². The Morgan fingerprint density at radius 2 is 2.27 bits per heavy atom. The third-order valence-corrected chi connectivity index (χ3v) is 1.87. The van der Waals surface area contributed by atoms with Crippen molar-refractivity contribution in [2.24, 2.45) is 5.73 Å². The number of carbonyl (C=O) groups is 1. The van der Waals surface area contributed by atoms with Crippen LogP contribution in [0.25, 0.3) is 5.82 Å². The van der Waals surface area contributed by atoms with Crippen LogP contribution < -0.4 is 11.5 Å². The molecule has 0 saturated heterocycles. The van der Waals surface area contributed by atoms with Crippen LogP contribution in [0.15, 0.2) is 30.7 Å². The van der Waals surface area contributed by atoms with Gasteiger partial charge in [-0.3, -0.25) is 4.79 Å². The largest absolute Gasteiger partial charge is 0.396 e. The number of aromatic nitrogens is 3. The maximum Gasteiger partial charge on any atom is 0.248 e. The first-order valence-electron chi connectivity index (χ1n) is 4.23. The van der Waals surface area contributed by atoms with E-state index in [1.807, 2.05) is 0 Å². The number of anilines is 1. The van der Waals surface area contributed by atoms with Gasteiger partial charge in [0, 0.05) is 11.8 Å². The molecular formula is C9H9N5O. The molecule has 2 aromatic heterocycles. The molecule has 0 aromatic carbocycles. The van der Waals surface area contributed by atoms with E-state index >= 15 is 0 Å². The summed E-state index contributed by atoms with van der Waals surface area (Å²) in [6, 6.07) is 3.09. The molecule has 0 bridgehead atoms. The fraction of sp³-hybridized carbons (Fsp3) is 0. The number of carbonyl (C=O) groups excluding carboxylic acids is 1. The predicted molar refractivity (Wildman–Crippen MR) is 54.3 cm³/mol. The lowest BCUT2D eigenvalue weighted by Gasteiger charge is -2.00. The van der Waals surface area contributed by atoms with Crippen molar-refractivity contribution >= 4 is 11.6 Å². The fourth-order valence-electron chi connectivity index (χ4n) is 1.16. The maximum absolute atomic E-state index is 10.9. The summed E-state index contributed by atoms with van der Waals surface area (Å²) in [4.78, 5) is 15.0. The Balaban J connectivity index is 2.45. The number of primary amides is 1. The van der Waals surface area contributed by atoms with E-state index in [1.165, 1.54) is 17.1 Å². The van der Waals surface area contributed by atoms with Crippen LogP contribution in [0.1, 0.15) is 10.4 Å². The van der Waals surface area contributed by atoms with Gasteiger partial charge >= 0.3 is 0 Å². The van der Waals surface area contributed by atoms with Gasteiger partial charge in [0.1, 0.15) is 0 Å². The van der Waals surface area contributed by atoms with Crippen LogP contribution in [-0.2, 0) is 0 Å². The molecule has 0 aliphatic heterocycles. The first-order valence-corrected chi connectivity index (χ1v) is 4.23. The number of amides is 1. The Kier molecular flexibility index (Phi) is 2.09. The van der Waals surface area contributed by atoms with Crippen LogP contribution in [0, 0.1) is 0 Å². The molecule has 0 atom stereocenters. The number of rotatable bonds is 2. The van der Waals surface area contributed by atoms with Crippen LogP contribution in [0.5, 0.6) is 0 Å². The van der Waals surface area contributed by atoms with Gasteiger partial charge in [-0.15, -0.1) is 0 Å². The smallest absolute Gasteiger partial charge is 0.248 e. The Morgan fingerprint density at radius 1 is 1.47 bits per heavy atom. The van der Waals surface area contributed by atoms with Gasteiger partial charge in [-0.2, -0.15) is 5.10 Å². The highest BCUT2D eigenvalue weighted by atomic mass is 16.1. The highest BCUT2D eigenvalue weighted by molar-refractivity contribution is 5.93. The molecular weight excluding hydrogens is 194 g/mol. The fourth-order valence-corrected chi connectivity index (χ4v) is 1.16. The van der Waals surface area contributed by atoms with Crippen LogP contribution in [-0.4, -0.2) is 20.7 Å². The zero-order chi connectivity index (χ0) is 10.8. The number of pyridine rings is 1. The molecule has 15 heavy (non-hydrogen) atoms. The lowest BCUT2D eigenvalue weighted by atomic mass is 10.2. The van der Waals surface area contributed by atoms with E-state index in [0.29, 0.717) is 17.1 Å². The quantitative estimate of drug-likeness (QED) is 0.714. The average molecular weight is 203 g/mol. The molecule has 6 heteroatoms. The summed E-state index contributed by atoms with van der Waals surface area (Å²) >= 11 is 0. The van der Waals surface area contributed by atoms with E-state index < -0.39 is 5.91 Å². The van der Waals surface area contributed by atoms with E-state index in [1.54, 1.807) is 18.3 Å². The van der Waals surface area contributed by atoms with Crippen molar-refractivity contribution in [3.63, 3.8) is 0 Å². The predicted octanol–water partition coefficient (Wildman–Crippen LogP) is -0.0516. The third kappa shape index (κ3) is 1.78. The molecule has 0 aliphatic rings. The first kappa shape index (κ1) is 9.20. The number of nitrogens with two attached hydrogens (primary N) is 2. The highest BCUT2D eigenvalue weighted by Gasteiger charge is 2.04. The number of nitrogens with zero attached hydrogens (tertiary/aromatic N) is 3. The minimum atomic E-state index is -0.501. The molecule has 2 rings (SSSR count). The van der Waals surface area contributed by atoms with E-state index in [0.717, 1.165) is 0 Å². The van der Waals surface area contributed by atoms with Crippen LogP contribution >= 0.6 is 0 Å². The molecule has 0 aliphatic carbocycles. The Hall–Kier alpha value is -2.37. The first-order chi connectivity index (χ1) is 7.16. The summed E-state index contributed by atoms with van der Waals surface area (Å²) in [5, 5.41) is 3.96. The number of nitrogen functional groups attached to an aromatic ring is 1. The summed E-state index contributed by atoms with van der Waals surface area (Å²) < 4.78 is 1.47. The summed E-state index contributed by atoms with van der Waals surface area (Å²) in [7, 11) is 0. The van der Waals surface area contributed by atoms with Crippen molar-refractivity contribution in [1.29, 1.82) is 0 Å². The Morgan fingerprint density at radius 3 is 2.87 bits per heavy atom. The second-order valence-electron chi connectivity index (χ2n) is 2.99. The molecule has 2 aromatic rings. The van der Waals surface area contributed by atoms with Gasteiger partial charge in [0.15, 0.2) is 5.82 Å². The number of hydrogen-bond donors (Lipinski definition) is 2. The lowest BCUT2D eigenvalue weighted by molar-refractivity contribution is 0.1000. The van der Waals surface area contributed by atoms with E-state index in [4.69, 9.17) is 11.5 Å². The average Bonchev–Trinajstić information content (AvgIpc) is 2.65. The molecule has 0 fully saturated rings. The molecule has 4 N–H and O–H groups in total. The summed E-state index contributed by atoms with van der Waals surface area (Å²) in [6.45, 7) is 0. The zero-order valence-corrected chi connectivity index (χ0v) is 7.79. The van der Waals surface area contributed by atoms with Crippen LogP contribution in [0.3, 0.4) is 0 Å². The summed E-state index contributed by atoms with van der Waals surface area (Å²) in [5.74, 6) is 0.00165. The molecule has 1 amide bonds. The van der Waals surface area contributed by atoms with E-state index in [2.05, 4.69) is 10.1 Å². The highest BCUT2D eigenvalue weighted by Crippen LogP contribution is 2.08. The minimum Gasteiger partial charge on any atom is -0.396 e. The van der Waals surface area contributed by atoms with Crippen molar-refractivity contribution in [2.75, 3.05) is 5.73 Å². The maximum atomic E-state index is 10.9. The van der Waals surface area contributed by atoms with E-state index in [-0.39, 0.29) is 0 Å². The number of hydrogen-bond acceptors (Lipinski definition) is 4. The Labute approximate surface area is 85.5 Å². The molecule has 76 valence electrons. The van der Waals surface area contributed by atoms with Gasteiger partial charge in [0.05, 0.1) is 18.1 Å². The normalized spacial score (nSPS) is 10.1. The molecule has 0 saturated carbocycles. The second-order valence-corrected chi connectivity index (χ2v) is 2.99. The Bertz CT molecular complexity index is 505. The summed E-state index contributed by atoms with van der Waals surface area (Å²) in [5.41, 5.74) is 11.6. The van der Waals surface area contributed by atoms with Crippen molar-refractivity contribution in [3.8, 4) is 5.82 Å². The lowest BCUT2D eigenvalue weighted by Crippen LogP contribution is -2.12. The van der Waals surface area contributed by atoms with Crippen molar-refractivity contribution < 1.29 is 4.79 Å². The minimum absolute atomic E-state index is 0.383. The van der Waals surface area contributed by atoms with Crippen LogP contribution in [0.4, 0.5) is 5.69 Å². The van der Waals surface area contributed by atoms with Crippen molar-refractivity contribution in [3.05, 3.63) is 36.3 Å².